The molecule has 0 aromatic rings. The van der Waals surface area contributed by atoms with Crippen molar-refractivity contribution in [1.82, 2.24) is 5.32 Å². The molecule has 2 nitrogen and oxygen atoms in total. The van der Waals surface area contributed by atoms with Crippen molar-refractivity contribution in [2.24, 2.45) is 11.8 Å². The molecule has 1 rings (SSSR count). The van der Waals surface area contributed by atoms with Gasteiger partial charge in [-0.25, -0.2) is 0 Å². The minimum absolute atomic E-state index is 0.0389. The van der Waals surface area contributed by atoms with Crippen molar-refractivity contribution in [3.05, 3.63) is 0 Å². The predicted octanol–water partition coefficient (Wildman–Crippen LogP) is 1.75. The van der Waals surface area contributed by atoms with Crippen LogP contribution in [0, 0.1) is 11.8 Å². The number of nitrogens with one attached hydrogen (secondary N) is 1. The highest BCUT2D eigenvalue weighted by Gasteiger charge is 2.48. The Morgan fingerprint density at radius 3 is 2.57 bits per heavy atom. The monoisotopic (exact) mass is 209 g/mol. The number of carbonyl (C=O) groups excluding carboxylic acids is 1. The van der Waals surface area contributed by atoms with E-state index in [1.165, 1.54) is 0 Å². The number of likely N-dealkylation sites (N-methyl/N-ethyl adjacent to an activating group) is 1. The van der Waals surface area contributed by atoms with E-state index in [0.717, 1.165) is 0 Å². The summed E-state index contributed by atoms with van der Waals surface area (Å²) in [6, 6.07) is 0. The van der Waals surface area contributed by atoms with Crippen LogP contribution in [0.3, 0.4) is 0 Å². The van der Waals surface area contributed by atoms with Crippen molar-refractivity contribution < 1.29 is 18.0 Å². The molecule has 0 spiro atoms. The van der Waals surface area contributed by atoms with E-state index in [0.29, 0.717) is 12.8 Å². The number of halogens is 3. The third-order valence-corrected chi connectivity index (χ3v) is 2.70. The minimum atomic E-state index is -4.22. The zero-order chi connectivity index (χ0) is 10.8. The van der Waals surface area contributed by atoms with E-state index in [2.05, 4.69) is 5.32 Å². The van der Waals surface area contributed by atoms with Crippen molar-refractivity contribution in [1.29, 1.82) is 0 Å². The SMILES string of the molecule is CNCC(=O)C1CCCC1C(F)(F)F. The minimum Gasteiger partial charge on any atom is -0.313 e. The molecule has 1 fully saturated rings. The number of hydrogen-bond donors (Lipinski definition) is 1. The zero-order valence-electron chi connectivity index (χ0n) is 8.03. The van der Waals surface area contributed by atoms with Gasteiger partial charge in [0.15, 0.2) is 0 Å². The van der Waals surface area contributed by atoms with Gasteiger partial charge in [-0.05, 0) is 19.9 Å². The van der Waals surface area contributed by atoms with Crippen LogP contribution >= 0.6 is 0 Å². The Labute approximate surface area is 80.9 Å². The summed E-state index contributed by atoms with van der Waals surface area (Å²) in [6.07, 6.45) is -3.23. The van der Waals surface area contributed by atoms with Gasteiger partial charge in [0.2, 0.25) is 0 Å². The van der Waals surface area contributed by atoms with Gasteiger partial charge < -0.3 is 5.32 Å². The molecular formula is C9H14F3NO. The molecule has 82 valence electrons. The topological polar surface area (TPSA) is 29.1 Å². The molecule has 2 unspecified atom stereocenters. The maximum Gasteiger partial charge on any atom is 0.392 e. The molecule has 0 aliphatic heterocycles. The van der Waals surface area contributed by atoms with Crippen LogP contribution < -0.4 is 5.32 Å². The number of rotatable bonds is 3. The highest BCUT2D eigenvalue weighted by Crippen LogP contribution is 2.43. The quantitative estimate of drug-likeness (QED) is 0.767. The Hall–Kier alpha value is -0.580. The summed E-state index contributed by atoms with van der Waals surface area (Å²) >= 11 is 0. The summed E-state index contributed by atoms with van der Waals surface area (Å²) in [5.41, 5.74) is 0. The number of ketones is 1. The van der Waals surface area contributed by atoms with Gasteiger partial charge in [0.1, 0.15) is 5.78 Å². The first kappa shape index (κ1) is 11.5. The maximum atomic E-state index is 12.4. The summed E-state index contributed by atoms with van der Waals surface area (Å²) < 4.78 is 37.3. The average molecular weight is 209 g/mol. The molecule has 1 N–H and O–H groups in total. The van der Waals surface area contributed by atoms with Crippen molar-refractivity contribution >= 4 is 5.78 Å². The van der Waals surface area contributed by atoms with Gasteiger partial charge in [-0.15, -0.1) is 0 Å². The van der Waals surface area contributed by atoms with Crippen LogP contribution in [-0.2, 0) is 4.79 Å². The summed E-state index contributed by atoms with van der Waals surface area (Å²) in [5, 5.41) is 2.60. The molecule has 0 aromatic heterocycles. The Morgan fingerprint density at radius 1 is 1.43 bits per heavy atom. The van der Waals surface area contributed by atoms with E-state index in [4.69, 9.17) is 0 Å². The molecule has 0 bridgehead atoms. The van der Waals surface area contributed by atoms with Crippen molar-refractivity contribution in [3.8, 4) is 0 Å². The third-order valence-electron chi connectivity index (χ3n) is 2.70. The molecule has 14 heavy (non-hydrogen) atoms. The van der Waals surface area contributed by atoms with Gasteiger partial charge in [0.05, 0.1) is 12.5 Å². The van der Waals surface area contributed by atoms with Crippen molar-refractivity contribution in [2.75, 3.05) is 13.6 Å². The van der Waals surface area contributed by atoms with Gasteiger partial charge in [-0.1, -0.05) is 6.42 Å². The first-order chi connectivity index (χ1) is 6.46. The summed E-state index contributed by atoms with van der Waals surface area (Å²) in [6.45, 7) is 0.0389. The van der Waals surface area contributed by atoms with Gasteiger partial charge in [-0.2, -0.15) is 13.2 Å². The van der Waals surface area contributed by atoms with Crippen LogP contribution in [0.25, 0.3) is 0 Å². The standard InChI is InChI=1S/C9H14F3NO/c1-13-5-8(14)6-3-2-4-7(6)9(10,11)12/h6-7,13H,2-5H2,1H3. The molecule has 1 saturated carbocycles. The average Bonchev–Trinajstić information content (AvgIpc) is 2.50. The molecule has 0 heterocycles. The zero-order valence-corrected chi connectivity index (χ0v) is 8.03. The molecule has 1 aliphatic carbocycles. The first-order valence-corrected chi connectivity index (χ1v) is 4.71. The van der Waals surface area contributed by atoms with E-state index in [-0.39, 0.29) is 18.7 Å². The highest BCUT2D eigenvalue weighted by molar-refractivity contribution is 5.83. The molecule has 0 radical (unpaired) electrons. The van der Waals surface area contributed by atoms with Crippen LogP contribution in [-0.4, -0.2) is 25.6 Å². The summed E-state index contributed by atoms with van der Waals surface area (Å²) in [5.74, 6) is -2.54. The fourth-order valence-electron chi connectivity index (χ4n) is 2.04. The van der Waals surface area contributed by atoms with Gasteiger partial charge in [0, 0.05) is 5.92 Å². The first-order valence-electron chi connectivity index (χ1n) is 4.71. The van der Waals surface area contributed by atoms with Crippen LogP contribution in [0.1, 0.15) is 19.3 Å². The number of alkyl halides is 3. The second-order valence-electron chi connectivity index (χ2n) is 3.68. The fourth-order valence-corrected chi connectivity index (χ4v) is 2.04. The highest BCUT2D eigenvalue weighted by atomic mass is 19.4. The second-order valence-corrected chi connectivity index (χ2v) is 3.68. The number of hydrogen-bond acceptors (Lipinski definition) is 2. The van der Waals surface area contributed by atoms with Crippen molar-refractivity contribution in [3.63, 3.8) is 0 Å². The normalized spacial score (nSPS) is 28.0. The maximum absolute atomic E-state index is 12.4. The fraction of sp³-hybridized carbons (Fsp3) is 0.889. The number of carbonyl (C=O) groups is 1. The molecular weight excluding hydrogens is 195 g/mol. The Morgan fingerprint density at radius 2 is 2.07 bits per heavy atom. The Balaban J connectivity index is 2.64. The van der Waals surface area contributed by atoms with E-state index < -0.39 is 18.0 Å². The van der Waals surface area contributed by atoms with Gasteiger partial charge in [0.25, 0.3) is 0 Å². The van der Waals surface area contributed by atoms with E-state index in [1.807, 2.05) is 0 Å². The second kappa shape index (κ2) is 4.29. The lowest BCUT2D eigenvalue weighted by Crippen LogP contribution is -2.34. The molecule has 1 aliphatic rings. The molecule has 0 amide bonds. The van der Waals surface area contributed by atoms with Crippen LogP contribution in [0.4, 0.5) is 13.2 Å². The van der Waals surface area contributed by atoms with Crippen LogP contribution in [0.2, 0.25) is 0 Å². The molecule has 0 saturated heterocycles. The third kappa shape index (κ3) is 2.47. The Bertz CT molecular complexity index is 215. The number of Topliss-reactive ketones (excluding diaryl/α,β-unsaturated/α-hetero) is 1. The van der Waals surface area contributed by atoms with Crippen LogP contribution in [0.15, 0.2) is 0 Å². The van der Waals surface area contributed by atoms with Gasteiger partial charge in [-0.3, -0.25) is 4.79 Å². The van der Waals surface area contributed by atoms with E-state index in [9.17, 15) is 18.0 Å². The predicted molar refractivity (Wildman–Crippen MR) is 45.8 cm³/mol. The Kier molecular flexibility index (Phi) is 3.53. The largest absolute Gasteiger partial charge is 0.392 e. The molecule has 2 atom stereocenters. The van der Waals surface area contributed by atoms with Crippen molar-refractivity contribution in [2.45, 2.75) is 25.4 Å². The van der Waals surface area contributed by atoms with E-state index >= 15 is 0 Å². The lowest BCUT2D eigenvalue weighted by molar-refractivity contribution is -0.185. The lowest BCUT2D eigenvalue weighted by Gasteiger charge is -2.21. The summed E-state index contributed by atoms with van der Waals surface area (Å²) in [4.78, 5) is 11.3. The summed E-state index contributed by atoms with van der Waals surface area (Å²) in [7, 11) is 1.56. The van der Waals surface area contributed by atoms with Gasteiger partial charge >= 0.3 is 6.18 Å². The molecule has 5 heteroatoms. The van der Waals surface area contributed by atoms with Crippen LogP contribution in [0.5, 0.6) is 0 Å². The molecule has 0 aromatic carbocycles. The lowest BCUT2D eigenvalue weighted by atomic mass is 9.91. The van der Waals surface area contributed by atoms with E-state index in [1.54, 1.807) is 7.05 Å². The smallest absolute Gasteiger partial charge is 0.313 e.